The van der Waals surface area contributed by atoms with Gasteiger partial charge in [0.15, 0.2) is 5.78 Å². The molecular formula is C17H12BrNO5S. The Hall–Kier alpha value is -2.45. The van der Waals surface area contributed by atoms with E-state index < -0.39 is 21.4 Å². The first-order valence-corrected chi connectivity index (χ1v) is 9.77. The van der Waals surface area contributed by atoms with Gasteiger partial charge in [0.25, 0.3) is 0 Å². The van der Waals surface area contributed by atoms with Gasteiger partial charge >= 0.3 is 5.63 Å². The summed E-state index contributed by atoms with van der Waals surface area (Å²) in [7, 11) is -3.40. The van der Waals surface area contributed by atoms with E-state index in [0.29, 0.717) is 16.7 Å². The summed E-state index contributed by atoms with van der Waals surface area (Å²) in [5.74, 6) is -0.499. The lowest BCUT2D eigenvalue weighted by Crippen LogP contribution is -2.15. The number of rotatable bonds is 4. The topological polar surface area (TPSA) is 93.4 Å². The van der Waals surface area contributed by atoms with Crippen LogP contribution in [0.15, 0.2) is 62.2 Å². The third-order valence-corrected chi connectivity index (χ3v) is 4.49. The van der Waals surface area contributed by atoms with E-state index in [-0.39, 0.29) is 11.1 Å². The van der Waals surface area contributed by atoms with Gasteiger partial charge in [0, 0.05) is 21.1 Å². The van der Waals surface area contributed by atoms with Crippen molar-refractivity contribution >= 4 is 48.4 Å². The zero-order chi connectivity index (χ0) is 18.2. The molecule has 0 amide bonds. The second kappa shape index (κ2) is 6.45. The Morgan fingerprint density at radius 2 is 1.76 bits per heavy atom. The lowest BCUT2D eigenvalue weighted by atomic mass is 10.0. The largest absolute Gasteiger partial charge is 0.422 e. The van der Waals surface area contributed by atoms with Crippen LogP contribution in [0, 0.1) is 0 Å². The molecule has 0 unspecified atom stereocenters. The molecule has 6 nitrogen and oxygen atoms in total. The fourth-order valence-corrected chi connectivity index (χ4v) is 3.25. The zero-order valence-corrected chi connectivity index (χ0v) is 15.3. The molecule has 0 aliphatic rings. The Bertz CT molecular complexity index is 1130. The number of benzene rings is 2. The molecule has 0 saturated carbocycles. The molecule has 128 valence electrons. The number of nitrogens with one attached hydrogen (secondary N) is 1. The predicted octanol–water partition coefficient (Wildman–Crippen LogP) is 3.16. The zero-order valence-electron chi connectivity index (χ0n) is 12.9. The fraction of sp³-hybridized carbons (Fsp3) is 0.0588. The summed E-state index contributed by atoms with van der Waals surface area (Å²) in [5, 5.41) is 0.618. The molecule has 0 fully saturated rings. The first-order chi connectivity index (χ1) is 11.7. The van der Waals surface area contributed by atoms with Crippen LogP contribution in [0.3, 0.4) is 0 Å². The second-order valence-corrected chi connectivity index (χ2v) is 8.07. The van der Waals surface area contributed by atoms with Crippen LogP contribution in [-0.4, -0.2) is 20.5 Å². The minimum Gasteiger partial charge on any atom is -0.422 e. The summed E-state index contributed by atoms with van der Waals surface area (Å²) in [6.45, 7) is 0. The third-order valence-electron chi connectivity index (χ3n) is 3.39. The lowest BCUT2D eigenvalue weighted by molar-refractivity contribution is 0.103. The summed E-state index contributed by atoms with van der Waals surface area (Å²) in [4.78, 5) is 24.7. The number of fused-ring (bicyclic) bond motifs is 1. The average molecular weight is 422 g/mol. The van der Waals surface area contributed by atoms with Crippen LogP contribution in [0.25, 0.3) is 11.0 Å². The van der Waals surface area contributed by atoms with Gasteiger partial charge in [0.2, 0.25) is 10.0 Å². The van der Waals surface area contributed by atoms with Gasteiger partial charge in [0.05, 0.1) is 6.26 Å². The Morgan fingerprint density at radius 3 is 2.40 bits per heavy atom. The van der Waals surface area contributed by atoms with E-state index in [1.54, 1.807) is 18.2 Å². The van der Waals surface area contributed by atoms with E-state index >= 15 is 0 Å². The Labute approximate surface area is 151 Å². The van der Waals surface area contributed by atoms with E-state index in [4.69, 9.17) is 4.42 Å². The van der Waals surface area contributed by atoms with Crippen molar-refractivity contribution in [3.05, 3.63) is 74.6 Å². The molecule has 3 aromatic rings. The molecule has 0 saturated heterocycles. The van der Waals surface area contributed by atoms with Gasteiger partial charge in [-0.3, -0.25) is 9.52 Å². The van der Waals surface area contributed by atoms with Crippen molar-refractivity contribution in [1.29, 1.82) is 0 Å². The van der Waals surface area contributed by atoms with E-state index in [2.05, 4.69) is 20.7 Å². The minimum absolute atomic E-state index is 0.0885. The second-order valence-electron chi connectivity index (χ2n) is 5.41. The van der Waals surface area contributed by atoms with Crippen LogP contribution < -0.4 is 10.3 Å². The molecule has 0 spiro atoms. The predicted molar refractivity (Wildman–Crippen MR) is 98.5 cm³/mol. The van der Waals surface area contributed by atoms with E-state index in [9.17, 15) is 18.0 Å². The average Bonchev–Trinajstić information content (AvgIpc) is 2.53. The first-order valence-electron chi connectivity index (χ1n) is 7.09. The maximum atomic E-state index is 12.6. The number of ketones is 1. The van der Waals surface area contributed by atoms with Gasteiger partial charge in [-0.15, -0.1) is 0 Å². The molecule has 0 radical (unpaired) electrons. The molecule has 0 atom stereocenters. The quantitative estimate of drug-likeness (QED) is 0.515. The smallest absolute Gasteiger partial charge is 0.347 e. The van der Waals surface area contributed by atoms with Gasteiger partial charge in [-0.1, -0.05) is 15.9 Å². The normalized spacial score (nSPS) is 11.4. The summed E-state index contributed by atoms with van der Waals surface area (Å²) in [6.07, 6.45) is 1.03. The van der Waals surface area contributed by atoms with Crippen molar-refractivity contribution in [2.45, 2.75) is 0 Å². The van der Waals surface area contributed by atoms with E-state index in [1.807, 2.05) is 0 Å². The van der Waals surface area contributed by atoms with Gasteiger partial charge < -0.3 is 4.42 Å². The molecule has 0 aliphatic heterocycles. The van der Waals surface area contributed by atoms with Gasteiger partial charge in [-0.25, -0.2) is 13.2 Å². The number of carbonyl (C=O) groups excluding carboxylic acids is 1. The highest BCUT2D eigenvalue weighted by molar-refractivity contribution is 9.10. The van der Waals surface area contributed by atoms with Crippen LogP contribution in [0.5, 0.6) is 0 Å². The summed E-state index contributed by atoms with van der Waals surface area (Å²) < 4.78 is 30.7. The number of hydrogen-bond acceptors (Lipinski definition) is 5. The number of hydrogen-bond donors (Lipinski definition) is 1. The number of halogens is 1. The first kappa shape index (κ1) is 17.4. The maximum absolute atomic E-state index is 12.6. The molecule has 1 heterocycles. The van der Waals surface area contributed by atoms with Crippen LogP contribution in [0.2, 0.25) is 0 Å². The van der Waals surface area contributed by atoms with E-state index in [1.165, 1.54) is 30.3 Å². The molecule has 0 aliphatic carbocycles. The number of sulfonamides is 1. The fourth-order valence-electron chi connectivity index (χ4n) is 2.31. The van der Waals surface area contributed by atoms with Crippen LogP contribution in [0.4, 0.5) is 5.69 Å². The summed E-state index contributed by atoms with van der Waals surface area (Å²) >= 11 is 3.33. The van der Waals surface area contributed by atoms with Crippen molar-refractivity contribution in [3.8, 4) is 0 Å². The van der Waals surface area contributed by atoms with E-state index in [0.717, 1.165) is 10.7 Å². The highest BCUT2D eigenvalue weighted by atomic mass is 79.9. The third kappa shape index (κ3) is 3.97. The van der Waals surface area contributed by atoms with Crippen LogP contribution in [0.1, 0.15) is 15.9 Å². The van der Waals surface area contributed by atoms with Gasteiger partial charge in [0.1, 0.15) is 11.1 Å². The summed E-state index contributed by atoms with van der Waals surface area (Å²) in [6, 6.07) is 12.4. The van der Waals surface area contributed by atoms with Crippen molar-refractivity contribution in [1.82, 2.24) is 0 Å². The van der Waals surface area contributed by atoms with Crippen molar-refractivity contribution in [2.24, 2.45) is 0 Å². The highest BCUT2D eigenvalue weighted by Crippen LogP contribution is 2.21. The highest BCUT2D eigenvalue weighted by Gasteiger charge is 2.16. The van der Waals surface area contributed by atoms with Crippen molar-refractivity contribution in [2.75, 3.05) is 11.0 Å². The standard InChI is InChI=1S/C17H12BrNO5S/c1-25(22,23)19-13-5-2-10(3-6-13)16(20)14-9-11-8-12(18)4-7-15(11)24-17(14)21/h2-9,19H,1H3. The minimum atomic E-state index is -3.40. The molecule has 25 heavy (non-hydrogen) atoms. The van der Waals surface area contributed by atoms with Crippen molar-refractivity contribution < 1.29 is 17.6 Å². The molecule has 2 aromatic carbocycles. The SMILES string of the molecule is CS(=O)(=O)Nc1ccc(C(=O)c2cc3cc(Br)ccc3oc2=O)cc1. The number of anilines is 1. The lowest BCUT2D eigenvalue weighted by Gasteiger charge is -2.05. The Morgan fingerprint density at radius 1 is 1.08 bits per heavy atom. The Kier molecular flexibility index (Phi) is 4.49. The number of carbonyl (C=O) groups is 1. The molecule has 8 heteroatoms. The maximum Gasteiger partial charge on any atom is 0.347 e. The molecular weight excluding hydrogens is 410 g/mol. The van der Waals surface area contributed by atoms with Gasteiger partial charge in [-0.05, 0) is 48.5 Å². The summed E-state index contributed by atoms with van der Waals surface area (Å²) in [5.41, 5.74) is 0.152. The molecule has 3 rings (SSSR count). The van der Waals surface area contributed by atoms with Crippen LogP contribution >= 0.6 is 15.9 Å². The Balaban J connectivity index is 1.99. The molecule has 1 aromatic heterocycles. The van der Waals surface area contributed by atoms with Gasteiger partial charge in [-0.2, -0.15) is 0 Å². The van der Waals surface area contributed by atoms with Crippen LogP contribution in [-0.2, 0) is 10.0 Å². The molecule has 0 bridgehead atoms. The monoisotopic (exact) mass is 421 g/mol. The molecule has 1 N–H and O–H groups in total. The van der Waals surface area contributed by atoms with Crippen molar-refractivity contribution in [3.63, 3.8) is 0 Å².